The fourth-order valence-corrected chi connectivity index (χ4v) is 2.18. The van der Waals surface area contributed by atoms with Crippen LogP contribution in [-0.2, 0) is 0 Å². The highest BCUT2D eigenvalue weighted by Gasteiger charge is 2.08. The zero-order valence-electron chi connectivity index (χ0n) is 9.22. The molecule has 0 atom stereocenters. The van der Waals surface area contributed by atoms with Crippen LogP contribution in [0.15, 0.2) is 24.3 Å². The Bertz CT molecular complexity index is 679. The summed E-state index contributed by atoms with van der Waals surface area (Å²) in [6, 6.07) is 8.08. The van der Waals surface area contributed by atoms with Crippen molar-refractivity contribution in [1.29, 1.82) is 5.26 Å². The molecule has 0 spiro atoms. The van der Waals surface area contributed by atoms with Gasteiger partial charge in [0.1, 0.15) is 11.0 Å². The minimum absolute atomic E-state index is 0.206. The highest BCUT2D eigenvalue weighted by atomic mass is 35.5. The Morgan fingerprint density at radius 1 is 0.947 bits per heavy atom. The first-order valence-electron chi connectivity index (χ1n) is 4.99. The number of pyridine rings is 1. The quantitative estimate of drug-likeness (QED) is 0.598. The van der Waals surface area contributed by atoms with Gasteiger partial charge in [0.25, 0.3) is 0 Å². The molecule has 0 aliphatic carbocycles. The summed E-state index contributed by atoms with van der Waals surface area (Å²) in [4.78, 5) is 4.04. The second-order valence-electron chi connectivity index (χ2n) is 3.55. The zero-order valence-corrected chi connectivity index (χ0v) is 12.2. The van der Waals surface area contributed by atoms with Crippen molar-refractivity contribution in [3.63, 3.8) is 0 Å². The van der Waals surface area contributed by atoms with Gasteiger partial charge in [0.2, 0.25) is 0 Å². The number of anilines is 2. The van der Waals surface area contributed by atoms with E-state index in [0.29, 0.717) is 32.1 Å². The Kier molecular flexibility index (Phi) is 4.38. The lowest BCUT2D eigenvalue weighted by Crippen LogP contribution is -1.96. The Morgan fingerprint density at radius 2 is 1.63 bits per heavy atom. The van der Waals surface area contributed by atoms with E-state index in [4.69, 9.17) is 51.7 Å². The van der Waals surface area contributed by atoms with E-state index >= 15 is 0 Å². The van der Waals surface area contributed by atoms with Gasteiger partial charge in [-0.25, -0.2) is 4.98 Å². The van der Waals surface area contributed by atoms with Gasteiger partial charge in [0.05, 0.1) is 32.4 Å². The first kappa shape index (κ1) is 14.2. The average molecular weight is 333 g/mol. The lowest BCUT2D eigenvalue weighted by Gasteiger charge is -2.09. The second kappa shape index (κ2) is 5.85. The Hall–Kier alpha value is -1.18. The molecule has 0 aliphatic heterocycles. The van der Waals surface area contributed by atoms with Gasteiger partial charge in [-0.3, -0.25) is 0 Å². The molecule has 2 aromatic rings. The van der Waals surface area contributed by atoms with E-state index in [1.807, 2.05) is 6.07 Å². The third kappa shape index (κ3) is 3.43. The summed E-state index contributed by atoms with van der Waals surface area (Å²) in [6.07, 6.45) is 0. The topological polar surface area (TPSA) is 48.7 Å². The van der Waals surface area contributed by atoms with Crippen molar-refractivity contribution in [1.82, 2.24) is 4.98 Å². The SMILES string of the molecule is N#Cc1cc(Cl)nc(Nc2cc(Cl)c(Cl)cc2Cl)c1. The number of benzene rings is 1. The molecule has 0 radical (unpaired) electrons. The smallest absolute Gasteiger partial charge is 0.133 e. The fourth-order valence-electron chi connectivity index (χ4n) is 1.38. The first-order valence-corrected chi connectivity index (χ1v) is 6.50. The van der Waals surface area contributed by atoms with E-state index in [-0.39, 0.29) is 5.15 Å². The molecule has 1 N–H and O–H groups in total. The Morgan fingerprint density at radius 3 is 2.32 bits per heavy atom. The van der Waals surface area contributed by atoms with Crippen LogP contribution in [0.1, 0.15) is 5.56 Å². The second-order valence-corrected chi connectivity index (χ2v) is 5.16. The maximum atomic E-state index is 8.86. The molecule has 2 rings (SSSR count). The van der Waals surface area contributed by atoms with Gasteiger partial charge in [-0.2, -0.15) is 5.26 Å². The molecule has 0 saturated carbocycles. The highest BCUT2D eigenvalue weighted by Crippen LogP contribution is 2.33. The maximum absolute atomic E-state index is 8.86. The molecule has 1 aromatic carbocycles. The third-order valence-corrected chi connectivity index (χ3v) is 3.42. The first-order chi connectivity index (χ1) is 8.99. The maximum Gasteiger partial charge on any atom is 0.133 e. The van der Waals surface area contributed by atoms with Crippen molar-refractivity contribution in [2.45, 2.75) is 0 Å². The molecule has 19 heavy (non-hydrogen) atoms. The summed E-state index contributed by atoms with van der Waals surface area (Å²) in [7, 11) is 0. The molecule has 0 aliphatic rings. The van der Waals surface area contributed by atoms with E-state index < -0.39 is 0 Å². The molecule has 0 amide bonds. The van der Waals surface area contributed by atoms with Crippen LogP contribution in [0.25, 0.3) is 0 Å². The number of nitriles is 1. The minimum atomic E-state index is 0.206. The number of aromatic nitrogens is 1. The lowest BCUT2D eigenvalue weighted by atomic mass is 10.2. The van der Waals surface area contributed by atoms with Crippen molar-refractivity contribution >= 4 is 57.9 Å². The van der Waals surface area contributed by atoms with E-state index in [9.17, 15) is 0 Å². The van der Waals surface area contributed by atoms with Crippen molar-refractivity contribution in [2.24, 2.45) is 0 Å². The monoisotopic (exact) mass is 331 g/mol. The van der Waals surface area contributed by atoms with Crippen LogP contribution in [0.2, 0.25) is 20.2 Å². The van der Waals surface area contributed by atoms with E-state index in [1.165, 1.54) is 12.1 Å². The molecular weight excluding hydrogens is 328 g/mol. The Labute approximate surface area is 129 Å². The molecule has 0 fully saturated rings. The van der Waals surface area contributed by atoms with Gasteiger partial charge in [0, 0.05) is 0 Å². The molecule has 1 heterocycles. The number of halogens is 4. The van der Waals surface area contributed by atoms with E-state index in [2.05, 4.69) is 10.3 Å². The normalized spacial score (nSPS) is 10.1. The van der Waals surface area contributed by atoms with Gasteiger partial charge in [-0.05, 0) is 24.3 Å². The molecule has 96 valence electrons. The molecular formula is C12H5Cl4N3. The summed E-state index contributed by atoms with van der Waals surface area (Å²) in [6.45, 7) is 0. The predicted molar refractivity (Wildman–Crippen MR) is 78.7 cm³/mol. The number of nitrogens with one attached hydrogen (secondary N) is 1. The summed E-state index contributed by atoms with van der Waals surface area (Å²) in [5, 5.41) is 13.1. The minimum Gasteiger partial charge on any atom is -0.339 e. The van der Waals surface area contributed by atoms with Crippen LogP contribution >= 0.6 is 46.4 Å². The average Bonchev–Trinajstić information content (AvgIpc) is 2.35. The summed E-state index contributed by atoms with van der Waals surface area (Å²) >= 11 is 23.6. The van der Waals surface area contributed by atoms with Crippen molar-refractivity contribution < 1.29 is 0 Å². The van der Waals surface area contributed by atoms with Gasteiger partial charge < -0.3 is 5.32 Å². The van der Waals surface area contributed by atoms with Gasteiger partial charge in [-0.15, -0.1) is 0 Å². The zero-order chi connectivity index (χ0) is 14.0. The van der Waals surface area contributed by atoms with Crippen molar-refractivity contribution in [3.05, 3.63) is 50.0 Å². The molecule has 0 saturated heterocycles. The van der Waals surface area contributed by atoms with Crippen LogP contribution < -0.4 is 5.32 Å². The van der Waals surface area contributed by atoms with Crippen LogP contribution in [0.3, 0.4) is 0 Å². The predicted octanol–water partition coefficient (Wildman–Crippen LogP) is 5.31. The van der Waals surface area contributed by atoms with Crippen LogP contribution in [0, 0.1) is 11.3 Å². The Balaban J connectivity index is 2.39. The van der Waals surface area contributed by atoms with Gasteiger partial charge in [-0.1, -0.05) is 46.4 Å². The molecule has 0 bridgehead atoms. The number of nitrogens with zero attached hydrogens (tertiary/aromatic N) is 2. The van der Waals surface area contributed by atoms with Crippen molar-refractivity contribution in [3.8, 4) is 6.07 Å². The standard InChI is InChI=1S/C12H5Cl4N3/c13-7-3-9(15)10(4-8(7)14)18-12-2-6(5-17)1-11(16)19-12/h1-4H,(H,18,19). The summed E-state index contributed by atoms with van der Waals surface area (Å²) < 4.78 is 0. The molecule has 0 unspecified atom stereocenters. The molecule has 3 nitrogen and oxygen atoms in total. The molecule has 7 heteroatoms. The fraction of sp³-hybridized carbons (Fsp3) is 0. The van der Waals surface area contributed by atoms with Gasteiger partial charge in [0.15, 0.2) is 0 Å². The van der Waals surface area contributed by atoms with Crippen LogP contribution in [0.5, 0.6) is 0 Å². The van der Waals surface area contributed by atoms with Crippen LogP contribution in [0.4, 0.5) is 11.5 Å². The largest absolute Gasteiger partial charge is 0.339 e. The van der Waals surface area contributed by atoms with Crippen molar-refractivity contribution in [2.75, 3.05) is 5.32 Å². The highest BCUT2D eigenvalue weighted by molar-refractivity contribution is 6.44. The van der Waals surface area contributed by atoms with E-state index in [1.54, 1.807) is 12.1 Å². The van der Waals surface area contributed by atoms with Crippen LogP contribution in [-0.4, -0.2) is 4.98 Å². The number of rotatable bonds is 2. The van der Waals surface area contributed by atoms with Gasteiger partial charge >= 0.3 is 0 Å². The third-order valence-electron chi connectivity index (χ3n) is 2.20. The number of hydrogen-bond donors (Lipinski definition) is 1. The van der Waals surface area contributed by atoms with E-state index in [0.717, 1.165) is 0 Å². The summed E-state index contributed by atoms with van der Waals surface area (Å²) in [5.41, 5.74) is 0.911. The lowest BCUT2D eigenvalue weighted by molar-refractivity contribution is 1.29. The summed E-state index contributed by atoms with van der Waals surface area (Å²) in [5.74, 6) is 0.393. The number of hydrogen-bond acceptors (Lipinski definition) is 3. The molecule has 1 aromatic heterocycles.